The average molecular weight is 320 g/mol. The van der Waals surface area contributed by atoms with Crippen molar-refractivity contribution in [2.75, 3.05) is 13.1 Å². The zero-order valence-electron chi connectivity index (χ0n) is 12.8. The summed E-state index contributed by atoms with van der Waals surface area (Å²) in [4.78, 5) is 25.3. The van der Waals surface area contributed by atoms with Crippen LogP contribution < -0.4 is 5.32 Å². The van der Waals surface area contributed by atoms with Crippen molar-refractivity contribution >= 4 is 11.8 Å². The lowest BCUT2D eigenvalue weighted by molar-refractivity contribution is -0.174. The van der Waals surface area contributed by atoms with Crippen LogP contribution in [0.1, 0.15) is 45.4 Å². The molecule has 0 bridgehead atoms. The maximum atomic E-state index is 12.5. The van der Waals surface area contributed by atoms with E-state index in [1.165, 1.54) is 0 Å². The van der Waals surface area contributed by atoms with E-state index in [0.717, 1.165) is 25.9 Å². The molecule has 2 amide bonds. The van der Waals surface area contributed by atoms with Crippen molar-refractivity contribution in [1.29, 1.82) is 0 Å². The molecule has 1 aliphatic heterocycles. The topological polar surface area (TPSA) is 49.4 Å². The fourth-order valence-corrected chi connectivity index (χ4v) is 3.30. The van der Waals surface area contributed by atoms with Gasteiger partial charge in [-0.3, -0.25) is 9.59 Å². The maximum absolute atomic E-state index is 12.5. The first kappa shape index (κ1) is 17.1. The van der Waals surface area contributed by atoms with Crippen molar-refractivity contribution in [1.82, 2.24) is 10.2 Å². The Bertz CT molecular complexity index is 418. The monoisotopic (exact) mass is 320 g/mol. The highest BCUT2D eigenvalue weighted by Crippen LogP contribution is 2.28. The number of alkyl halides is 3. The molecule has 0 spiro atoms. The number of halogens is 3. The van der Waals surface area contributed by atoms with Gasteiger partial charge in [-0.05, 0) is 38.0 Å². The van der Waals surface area contributed by atoms with E-state index in [1.807, 2.05) is 10.2 Å². The molecule has 1 N–H and O–H groups in total. The van der Waals surface area contributed by atoms with Gasteiger partial charge in [0.1, 0.15) is 0 Å². The number of carbonyl (C=O) groups is 2. The Morgan fingerprint density at radius 1 is 1.09 bits per heavy atom. The predicted molar refractivity (Wildman–Crippen MR) is 74.9 cm³/mol. The second kappa shape index (κ2) is 6.87. The number of amides is 2. The smallest absolute Gasteiger partial charge is 0.346 e. The minimum Gasteiger partial charge on any atom is -0.346 e. The molecule has 1 aliphatic carbocycles. The standard InChI is InChI=1S/C15H23F3N2O2/c1-10-5-7-20(8-6-10)13(21)11-3-2-4-12(9-11)19-14(22)15(16,17)18/h10-12H,2-9H2,1H3,(H,19,22). The number of nitrogens with one attached hydrogen (secondary N) is 1. The van der Waals surface area contributed by atoms with Gasteiger partial charge in [-0.2, -0.15) is 13.2 Å². The van der Waals surface area contributed by atoms with Crippen LogP contribution in [0, 0.1) is 11.8 Å². The average Bonchev–Trinajstić information content (AvgIpc) is 2.46. The van der Waals surface area contributed by atoms with Crippen LogP contribution >= 0.6 is 0 Å². The molecule has 126 valence electrons. The SMILES string of the molecule is CC1CCN(C(=O)C2CCCC(NC(=O)C(F)(F)F)C2)CC1. The van der Waals surface area contributed by atoms with Crippen molar-refractivity contribution in [3.05, 3.63) is 0 Å². The molecule has 1 saturated heterocycles. The molecule has 0 aromatic rings. The first-order valence-corrected chi connectivity index (χ1v) is 7.94. The number of piperidine rings is 1. The van der Waals surface area contributed by atoms with Gasteiger partial charge >= 0.3 is 12.1 Å². The molecule has 2 atom stereocenters. The van der Waals surface area contributed by atoms with Crippen molar-refractivity contribution in [2.24, 2.45) is 11.8 Å². The molecule has 0 aromatic heterocycles. The van der Waals surface area contributed by atoms with E-state index in [1.54, 1.807) is 0 Å². The highest BCUT2D eigenvalue weighted by atomic mass is 19.4. The van der Waals surface area contributed by atoms with E-state index < -0.39 is 18.1 Å². The van der Waals surface area contributed by atoms with E-state index in [9.17, 15) is 22.8 Å². The second-order valence-corrected chi connectivity index (χ2v) is 6.54. The minimum absolute atomic E-state index is 0.0397. The normalized spacial score (nSPS) is 27.5. The van der Waals surface area contributed by atoms with E-state index in [0.29, 0.717) is 31.6 Å². The Morgan fingerprint density at radius 3 is 2.32 bits per heavy atom. The number of carbonyl (C=O) groups excluding carboxylic acids is 2. The summed E-state index contributed by atoms with van der Waals surface area (Å²) in [7, 11) is 0. The summed E-state index contributed by atoms with van der Waals surface area (Å²) >= 11 is 0. The van der Waals surface area contributed by atoms with Crippen molar-refractivity contribution < 1.29 is 22.8 Å². The Balaban J connectivity index is 1.87. The van der Waals surface area contributed by atoms with Crippen molar-refractivity contribution in [3.63, 3.8) is 0 Å². The van der Waals surface area contributed by atoms with Crippen LogP contribution in [0.5, 0.6) is 0 Å². The van der Waals surface area contributed by atoms with Crippen LogP contribution in [0.2, 0.25) is 0 Å². The summed E-state index contributed by atoms with van der Waals surface area (Å²) < 4.78 is 36.9. The summed E-state index contributed by atoms with van der Waals surface area (Å²) in [6, 6.07) is -0.555. The van der Waals surface area contributed by atoms with Gasteiger partial charge in [-0.1, -0.05) is 13.3 Å². The van der Waals surface area contributed by atoms with E-state index in [2.05, 4.69) is 6.92 Å². The van der Waals surface area contributed by atoms with Gasteiger partial charge in [0.05, 0.1) is 0 Å². The highest BCUT2D eigenvalue weighted by Gasteiger charge is 2.41. The minimum atomic E-state index is -4.86. The lowest BCUT2D eigenvalue weighted by Crippen LogP contribution is -2.48. The van der Waals surface area contributed by atoms with Gasteiger partial charge in [0, 0.05) is 25.0 Å². The third kappa shape index (κ3) is 4.36. The van der Waals surface area contributed by atoms with Gasteiger partial charge < -0.3 is 10.2 Å². The molecule has 2 fully saturated rings. The summed E-state index contributed by atoms with van der Waals surface area (Å²) in [6.07, 6.45) is -0.721. The highest BCUT2D eigenvalue weighted by molar-refractivity contribution is 5.82. The summed E-state index contributed by atoms with van der Waals surface area (Å²) in [5.41, 5.74) is 0. The van der Waals surface area contributed by atoms with Gasteiger partial charge in [0.15, 0.2) is 0 Å². The largest absolute Gasteiger partial charge is 0.471 e. The zero-order valence-corrected chi connectivity index (χ0v) is 12.8. The fourth-order valence-electron chi connectivity index (χ4n) is 3.30. The number of rotatable bonds is 2. The molecule has 4 nitrogen and oxygen atoms in total. The Morgan fingerprint density at radius 2 is 1.73 bits per heavy atom. The van der Waals surface area contributed by atoms with Crippen LogP contribution in [-0.4, -0.2) is 42.0 Å². The molecule has 1 saturated carbocycles. The molecule has 2 rings (SSSR count). The molecule has 1 heterocycles. The van der Waals surface area contributed by atoms with Crippen molar-refractivity contribution in [2.45, 2.75) is 57.7 Å². The number of nitrogens with zero attached hydrogens (tertiary/aromatic N) is 1. The van der Waals surface area contributed by atoms with Crippen LogP contribution in [0.25, 0.3) is 0 Å². The van der Waals surface area contributed by atoms with Crippen LogP contribution in [0.4, 0.5) is 13.2 Å². The van der Waals surface area contributed by atoms with Gasteiger partial charge in [0.2, 0.25) is 5.91 Å². The third-order valence-corrected chi connectivity index (χ3v) is 4.71. The quantitative estimate of drug-likeness (QED) is 0.850. The van der Waals surface area contributed by atoms with Gasteiger partial charge in [-0.25, -0.2) is 0 Å². The summed E-state index contributed by atoms with van der Waals surface area (Å²) in [5.74, 6) is -1.51. The molecule has 0 aromatic carbocycles. The van der Waals surface area contributed by atoms with E-state index in [-0.39, 0.29) is 11.8 Å². The Labute approximate surface area is 128 Å². The molecule has 0 radical (unpaired) electrons. The van der Waals surface area contributed by atoms with Crippen LogP contribution in [-0.2, 0) is 9.59 Å². The molecule has 2 aliphatic rings. The molecule has 7 heteroatoms. The van der Waals surface area contributed by atoms with Gasteiger partial charge in [-0.15, -0.1) is 0 Å². The molecule has 2 unspecified atom stereocenters. The Hall–Kier alpha value is -1.27. The second-order valence-electron chi connectivity index (χ2n) is 6.54. The maximum Gasteiger partial charge on any atom is 0.471 e. The first-order chi connectivity index (χ1) is 10.3. The van der Waals surface area contributed by atoms with Gasteiger partial charge in [0.25, 0.3) is 0 Å². The van der Waals surface area contributed by atoms with Crippen LogP contribution in [0.15, 0.2) is 0 Å². The fraction of sp³-hybridized carbons (Fsp3) is 0.867. The number of hydrogen-bond donors (Lipinski definition) is 1. The lowest BCUT2D eigenvalue weighted by atomic mass is 9.84. The first-order valence-electron chi connectivity index (χ1n) is 7.94. The number of likely N-dealkylation sites (tertiary alicyclic amines) is 1. The van der Waals surface area contributed by atoms with E-state index >= 15 is 0 Å². The van der Waals surface area contributed by atoms with E-state index in [4.69, 9.17) is 0 Å². The third-order valence-electron chi connectivity index (χ3n) is 4.71. The van der Waals surface area contributed by atoms with Crippen LogP contribution in [0.3, 0.4) is 0 Å². The van der Waals surface area contributed by atoms with Crippen molar-refractivity contribution in [3.8, 4) is 0 Å². The summed E-state index contributed by atoms with van der Waals surface area (Å²) in [6.45, 7) is 3.62. The lowest BCUT2D eigenvalue weighted by Gasteiger charge is -2.36. The summed E-state index contributed by atoms with van der Waals surface area (Å²) in [5, 5.41) is 2.02. The Kier molecular flexibility index (Phi) is 5.34. The molecule has 22 heavy (non-hydrogen) atoms. The predicted octanol–water partition coefficient (Wildman–Crippen LogP) is 2.48. The number of hydrogen-bond acceptors (Lipinski definition) is 2. The zero-order chi connectivity index (χ0) is 16.3. The molecular weight excluding hydrogens is 297 g/mol. The molecular formula is C15H23F3N2O2.